The fraction of sp³-hybridized carbons (Fsp3) is 0.736. The van der Waals surface area contributed by atoms with Gasteiger partial charge in [0.05, 0.1) is 42.7 Å². The van der Waals surface area contributed by atoms with E-state index >= 15 is 0 Å². The highest BCUT2D eigenvalue weighted by Gasteiger charge is 2.44. The van der Waals surface area contributed by atoms with Gasteiger partial charge in [0.25, 0.3) is 0 Å². The van der Waals surface area contributed by atoms with Crippen LogP contribution in [0.25, 0.3) is 0 Å². The van der Waals surface area contributed by atoms with Gasteiger partial charge in [-0.05, 0) is 55.4 Å². The van der Waals surface area contributed by atoms with Crippen LogP contribution in [-0.2, 0) is 54.3 Å². The number of unbranched alkanes of at least 4 members (excludes halogenated alkanes) is 2. The molecule has 3 rings (SSSR count). The molecule has 0 aliphatic carbocycles. The van der Waals surface area contributed by atoms with E-state index in [1.807, 2.05) is 71.9 Å². The maximum atomic E-state index is 14.6. The molecule has 5 amide bonds. The van der Waals surface area contributed by atoms with Crippen molar-refractivity contribution in [3.05, 3.63) is 35.9 Å². The number of carboxylic acid groups (broad SMARTS) is 1. The van der Waals surface area contributed by atoms with Crippen molar-refractivity contribution in [1.82, 2.24) is 19.6 Å². The predicted molar refractivity (Wildman–Crippen MR) is 262 cm³/mol. The number of amides is 5. The second kappa shape index (κ2) is 28.2. The van der Waals surface area contributed by atoms with Crippen LogP contribution in [0, 0.1) is 41.4 Å². The summed E-state index contributed by atoms with van der Waals surface area (Å²) < 4.78 is 12.0. The van der Waals surface area contributed by atoms with Crippen LogP contribution in [0.5, 0.6) is 0 Å². The van der Waals surface area contributed by atoms with Crippen LogP contribution >= 0.6 is 0 Å². The van der Waals surface area contributed by atoms with Gasteiger partial charge >= 0.3 is 5.97 Å². The van der Waals surface area contributed by atoms with Gasteiger partial charge in [0, 0.05) is 84.8 Å². The zero-order valence-electron chi connectivity index (χ0n) is 42.5. The quantitative estimate of drug-likeness (QED) is 0.0637. The fourth-order valence-corrected chi connectivity index (χ4v) is 10.3. The van der Waals surface area contributed by atoms with Crippen LogP contribution in [0.2, 0.25) is 0 Å². The van der Waals surface area contributed by atoms with Gasteiger partial charge in [-0.25, -0.2) is 0 Å². The molecule has 68 heavy (non-hydrogen) atoms. The average molecular weight is 955 g/mol. The molecular weight excluding hydrogens is 869 g/mol. The Morgan fingerprint density at radius 1 is 0.838 bits per heavy atom. The lowest BCUT2D eigenvalue weighted by Gasteiger charge is -2.41. The summed E-state index contributed by atoms with van der Waals surface area (Å²) in [6, 6.07) is 7.50. The Hall–Kier alpha value is -4.50. The van der Waals surface area contributed by atoms with Crippen molar-refractivity contribution in [2.45, 2.75) is 170 Å². The highest BCUT2D eigenvalue weighted by atomic mass is 16.5. The molecule has 0 spiro atoms. The van der Waals surface area contributed by atoms with Crippen molar-refractivity contribution >= 4 is 47.1 Å². The zero-order chi connectivity index (χ0) is 50.3. The van der Waals surface area contributed by atoms with Gasteiger partial charge in [-0.3, -0.25) is 43.3 Å². The first-order chi connectivity index (χ1) is 31.6. The van der Waals surface area contributed by atoms with Crippen LogP contribution in [0.4, 0.5) is 0 Å². The molecule has 15 heteroatoms. The van der Waals surface area contributed by atoms with Gasteiger partial charge in [0.2, 0.25) is 29.5 Å². The predicted octanol–water partition coefficient (Wildman–Crippen LogP) is 7.12. The Morgan fingerprint density at radius 3 is 2.01 bits per heavy atom. The summed E-state index contributed by atoms with van der Waals surface area (Å²) in [7, 11) is 6.37. The molecule has 1 N–H and O–H groups in total. The van der Waals surface area contributed by atoms with E-state index < -0.39 is 54.1 Å². The SMILES string of the molecule is C.CC[C@H](C)[C@@H]([C@@H](CC(=O)N1CCC[C@H]1[C@H](OC)[C@@H](C)C(=O)C[C@@H](Cc1ccccc1)C(=O)O)OC)N(C)C(=O)[C@@H](CC(=O)[C@H](C(C)C)N(C)C(=O)CCCCCN1C(=O)CC(C)C1=O)C(C)C. The molecule has 2 fully saturated rings. The second-order valence-corrected chi connectivity index (χ2v) is 20.0. The van der Waals surface area contributed by atoms with E-state index in [9.17, 15) is 43.5 Å². The van der Waals surface area contributed by atoms with Crippen molar-refractivity contribution in [3.8, 4) is 0 Å². The molecule has 1 aromatic carbocycles. The molecule has 0 bridgehead atoms. The minimum Gasteiger partial charge on any atom is -0.481 e. The number of hydrogen-bond acceptors (Lipinski definition) is 10. The first-order valence-corrected chi connectivity index (χ1v) is 24.6. The maximum Gasteiger partial charge on any atom is 0.307 e. The number of ether oxygens (including phenoxy) is 2. The number of Topliss-reactive ketones (excluding diaryl/α,β-unsaturated/α-hetero) is 2. The van der Waals surface area contributed by atoms with Crippen molar-refractivity contribution < 1.29 is 52.9 Å². The summed E-state index contributed by atoms with van der Waals surface area (Å²) in [4.78, 5) is 113. The molecular formula is C53H86N4O11. The zero-order valence-corrected chi connectivity index (χ0v) is 42.5. The fourth-order valence-electron chi connectivity index (χ4n) is 10.3. The van der Waals surface area contributed by atoms with E-state index in [-0.39, 0.29) is 111 Å². The molecule has 2 heterocycles. The van der Waals surface area contributed by atoms with Crippen LogP contribution in [0.15, 0.2) is 30.3 Å². The highest BCUT2D eigenvalue weighted by Crippen LogP contribution is 2.32. The van der Waals surface area contributed by atoms with Gasteiger partial charge < -0.3 is 29.3 Å². The lowest BCUT2D eigenvalue weighted by Crippen LogP contribution is -2.54. The van der Waals surface area contributed by atoms with E-state index in [1.165, 1.54) is 24.0 Å². The van der Waals surface area contributed by atoms with Crippen molar-refractivity contribution in [1.29, 1.82) is 0 Å². The third-order valence-electron chi connectivity index (χ3n) is 14.5. The largest absolute Gasteiger partial charge is 0.481 e. The van der Waals surface area contributed by atoms with Gasteiger partial charge in [-0.15, -0.1) is 0 Å². The molecule has 1 unspecified atom stereocenters. The van der Waals surface area contributed by atoms with Gasteiger partial charge in [0.1, 0.15) is 5.78 Å². The average Bonchev–Trinajstić information content (AvgIpc) is 3.87. The van der Waals surface area contributed by atoms with Crippen LogP contribution in [-0.4, -0.2) is 144 Å². The van der Waals surface area contributed by atoms with Gasteiger partial charge in [-0.2, -0.15) is 0 Å². The topological polar surface area (TPSA) is 188 Å². The Kier molecular flexibility index (Phi) is 24.8. The van der Waals surface area contributed by atoms with Crippen molar-refractivity contribution in [2.24, 2.45) is 41.4 Å². The molecule has 2 saturated heterocycles. The maximum absolute atomic E-state index is 14.6. The van der Waals surface area contributed by atoms with Gasteiger partial charge in [0.15, 0.2) is 5.78 Å². The van der Waals surface area contributed by atoms with Crippen molar-refractivity contribution in [2.75, 3.05) is 41.4 Å². The van der Waals surface area contributed by atoms with Crippen LogP contribution < -0.4 is 0 Å². The number of benzene rings is 1. The lowest BCUT2D eigenvalue weighted by molar-refractivity contribution is -0.150. The van der Waals surface area contributed by atoms with E-state index in [4.69, 9.17) is 9.47 Å². The number of hydrogen-bond donors (Lipinski definition) is 1. The normalized spacial score (nSPS) is 19.7. The Bertz CT molecular complexity index is 1840. The number of imide groups is 1. The third-order valence-corrected chi connectivity index (χ3v) is 14.5. The summed E-state index contributed by atoms with van der Waals surface area (Å²) in [5.74, 6) is -5.57. The first kappa shape index (κ1) is 59.6. The number of carbonyl (C=O) groups is 8. The van der Waals surface area contributed by atoms with Crippen molar-refractivity contribution in [3.63, 3.8) is 0 Å². The number of aliphatic carboxylic acids is 1. The summed E-state index contributed by atoms with van der Waals surface area (Å²) in [5.41, 5.74) is 0.829. The molecule has 0 aromatic heterocycles. The molecule has 10 atom stereocenters. The van der Waals surface area contributed by atoms with E-state index in [2.05, 4.69) is 0 Å². The molecule has 0 radical (unpaired) electrons. The summed E-state index contributed by atoms with van der Waals surface area (Å²) in [6.07, 6.45) is 2.76. The number of rotatable bonds is 29. The smallest absolute Gasteiger partial charge is 0.307 e. The highest BCUT2D eigenvalue weighted by molar-refractivity contribution is 6.03. The summed E-state index contributed by atoms with van der Waals surface area (Å²) >= 11 is 0. The number of likely N-dealkylation sites (N-methyl/N-ethyl adjacent to an activating group) is 2. The molecule has 15 nitrogen and oxygen atoms in total. The van der Waals surface area contributed by atoms with E-state index in [0.29, 0.717) is 51.6 Å². The van der Waals surface area contributed by atoms with Crippen LogP contribution in [0.1, 0.15) is 139 Å². The monoisotopic (exact) mass is 955 g/mol. The molecule has 1 aromatic rings. The molecule has 2 aliphatic rings. The molecule has 2 aliphatic heterocycles. The minimum absolute atomic E-state index is 0. The standard InChI is InChI=1S/C52H82N4O11.CH4/c1-13-34(6)48(43(66-11)31-46(61)55-26-20-23-40(55)49(67-12)36(8)41(57)29-38(52(64)65)28-37-21-16-14-17-22-37)54(10)51(63)39(32(2)3)30-42(58)47(33(4)5)53(9)44(59)24-18-15-19-25-56-45(60)27-35(7)50(56)62;/h14,16-17,21-22,32-36,38-40,43,47-49H,13,15,18-20,23-31H2,1-12H3,(H,64,65);1H4/t34-,35?,36-,38+,39-,40-,43+,47-,48-,49+;/m0./s1. The number of methoxy groups -OCH3 is 2. The summed E-state index contributed by atoms with van der Waals surface area (Å²) in [5, 5.41) is 10.0. The number of nitrogens with zero attached hydrogens (tertiary/aromatic N) is 4. The van der Waals surface area contributed by atoms with E-state index in [1.54, 1.807) is 37.7 Å². The Morgan fingerprint density at radius 2 is 1.49 bits per heavy atom. The van der Waals surface area contributed by atoms with Gasteiger partial charge in [-0.1, -0.05) is 106 Å². The Balaban J connectivity index is 0.0000159. The Labute approximate surface area is 407 Å². The lowest BCUT2D eigenvalue weighted by atomic mass is 9.83. The molecule has 0 saturated carbocycles. The number of ketones is 2. The van der Waals surface area contributed by atoms with Crippen LogP contribution in [0.3, 0.4) is 0 Å². The number of carboxylic acids is 1. The second-order valence-electron chi connectivity index (χ2n) is 20.0. The van der Waals surface area contributed by atoms with E-state index in [0.717, 1.165) is 5.56 Å². The third kappa shape index (κ3) is 15.8. The first-order valence-electron chi connectivity index (χ1n) is 24.6. The number of likely N-dealkylation sites (tertiary alicyclic amines) is 2. The summed E-state index contributed by atoms with van der Waals surface area (Å²) in [6.45, 7) is 15.9. The minimum atomic E-state index is -1.05. The number of carbonyl (C=O) groups excluding carboxylic acids is 7. The molecule has 384 valence electrons.